The van der Waals surface area contributed by atoms with Crippen LogP contribution in [0.4, 0.5) is 0 Å². The highest BCUT2D eigenvalue weighted by atomic mass is 14.5. The van der Waals surface area contributed by atoms with E-state index in [1.54, 1.807) is 0 Å². The van der Waals surface area contributed by atoms with Gasteiger partial charge in [-0.25, -0.2) is 0 Å². The summed E-state index contributed by atoms with van der Waals surface area (Å²) in [7, 11) is 0. The van der Waals surface area contributed by atoms with Gasteiger partial charge in [0.15, 0.2) is 0 Å². The molecule has 2 saturated carbocycles. The summed E-state index contributed by atoms with van der Waals surface area (Å²) in [5, 5.41) is 9.10. The lowest BCUT2D eigenvalue weighted by Crippen LogP contribution is -2.36. The maximum Gasteiger partial charge on any atom is 0.0655 e. The van der Waals surface area contributed by atoms with E-state index in [9.17, 15) is 0 Å². The normalized spacial score (nSPS) is 34.1. The van der Waals surface area contributed by atoms with Gasteiger partial charge >= 0.3 is 0 Å². The van der Waals surface area contributed by atoms with Gasteiger partial charge in [-0.2, -0.15) is 5.26 Å². The van der Waals surface area contributed by atoms with Gasteiger partial charge in [0.1, 0.15) is 0 Å². The molecule has 2 fully saturated rings. The largest absolute Gasteiger partial charge is 0.198 e. The van der Waals surface area contributed by atoms with Crippen LogP contribution in [0.25, 0.3) is 0 Å². The average molecular weight is 247 g/mol. The molecule has 0 aliphatic heterocycles. The van der Waals surface area contributed by atoms with Crippen LogP contribution in [0.15, 0.2) is 0 Å². The van der Waals surface area contributed by atoms with Crippen LogP contribution in [0.2, 0.25) is 0 Å². The fraction of sp³-hybridized carbons (Fsp3) is 0.941. The zero-order chi connectivity index (χ0) is 12.8. The Kier molecular flexibility index (Phi) is 5.10. The molecule has 2 rings (SSSR count). The Morgan fingerprint density at radius 2 is 1.72 bits per heavy atom. The van der Waals surface area contributed by atoms with Crippen molar-refractivity contribution in [2.75, 3.05) is 0 Å². The van der Waals surface area contributed by atoms with Gasteiger partial charge < -0.3 is 0 Å². The van der Waals surface area contributed by atoms with Crippen molar-refractivity contribution >= 4 is 0 Å². The highest BCUT2D eigenvalue weighted by molar-refractivity contribution is 4.96. The van der Waals surface area contributed by atoms with E-state index in [2.05, 4.69) is 13.0 Å². The molecule has 18 heavy (non-hydrogen) atoms. The number of hydrogen-bond donors (Lipinski definition) is 0. The van der Waals surface area contributed by atoms with Crippen molar-refractivity contribution in [2.45, 2.75) is 84.0 Å². The number of nitrogens with zero attached hydrogens (tertiary/aromatic N) is 1. The van der Waals surface area contributed by atoms with Gasteiger partial charge in [-0.3, -0.25) is 0 Å². The number of nitriles is 1. The standard InChI is InChI=1S/C17H29N/c1-2-3-11-17(16-7-5-4-6-8-16)12-9-15(14-18)10-13-17/h15-16H,2-13H2,1H3. The molecule has 0 aromatic rings. The van der Waals surface area contributed by atoms with Gasteiger partial charge in [0.05, 0.1) is 6.07 Å². The van der Waals surface area contributed by atoms with Crippen LogP contribution >= 0.6 is 0 Å². The Balaban J connectivity index is 2.01. The Labute approximate surface area is 113 Å². The zero-order valence-corrected chi connectivity index (χ0v) is 12.1. The molecule has 1 heteroatoms. The van der Waals surface area contributed by atoms with Gasteiger partial charge in [-0.05, 0) is 56.3 Å². The van der Waals surface area contributed by atoms with E-state index in [-0.39, 0.29) is 0 Å². The molecule has 2 aliphatic rings. The van der Waals surface area contributed by atoms with Gasteiger partial charge in [0.2, 0.25) is 0 Å². The van der Waals surface area contributed by atoms with E-state index >= 15 is 0 Å². The molecule has 0 aromatic carbocycles. The number of unbranched alkanes of at least 4 members (excludes halogenated alkanes) is 1. The Morgan fingerprint density at radius 3 is 2.28 bits per heavy atom. The first kappa shape index (κ1) is 13.9. The lowest BCUT2D eigenvalue weighted by atomic mass is 9.58. The SMILES string of the molecule is CCCCC1(C2CCCCC2)CCC(C#N)CC1. The van der Waals surface area contributed by atoms with E-state index in [1.807, 2.05) is 0 Å². The third kappa shape index (κ3) is 3.08. The second-order valence-electron chi connectivity index (χ2n) is 6.70. The lowest BCUT2D eigenvalue weighted by Gasteiger charge is -2.46. The van der Waals surface area contributed by atoms with E-state index in [0.717, 1.165) is 5.92 Å². The minimum Gasteiger partial charge on any atom is -0.198 e. The summed E-state index contributed by atoms with van der Waals surface area (Å²) in [5.74, 6) is 1.35. The molecule has 1 nitrogen and oxygen atoms in total. The fourth-order valence-corrected chi connectivity index (χ4v) is 4.43. The predicted molar refractivity (Wildman–Crippen MR) is 76.1 cm³/mol. The average Bonchev–Trinajstić information content (AvgIpc) is 2.46. The van der Waals surface area contributed by atoms with E-state index in [1.165, 1.54) is 77.0 Å². The first-order chi connectivity index (χ1) is 8.80. The highest BCUT2D eigenvalue weighted by Gasteiger charge is 2.41. The van der Waals surface area contributed by atoms with Crippen molar-refractivity contribution in [3.8, 4) is 6.07 Å². The summed E-state index contributed by atoms with van der Waals surface area (Å²) in [6.07, 6.45) is 16.5. The van der Waals surface area contributed by atoms with Crippen molar-refractivity contribution in [1.82, 2.24) is 0 Å². The van der Waals surface area contributed by atoms with Gasteiger partial charge in [0.25, 0.3) is 0 Å². The molecule has 0 aromatic heterocycles. The van der Waals surface area contributed by atoms with Crippen molar-refractivity contribution in [1.29, 1.82) is 5.26 Å². The summed E-state index contributed by atoms with van der Waals surface area (Å²) in [5.41, 5.74) is 0.629. The molecule has 0 heterocycles. The molecule has 0 saturated heterocycles. The molecule has 0 unspecified atom stereocenters. The zero-order valence-electron chi connectivity index (χ0n) is 12.1. The third-order valence-corrected chi connectivity index (χ3v) is 5.66. The first-order valence-corrected chi connectivity index (χ1v) is 8.20. The molecule has 0 atom stereocenters. The van der Waals surface area contributed by atoms with Crippen molar-refractivity contribution in [3.05, 3.63) is 0 Å². The summed E-state index contributed by atoms with van der Waals surface area (Å²) in [6.45, 7) is 2.31. The maximum absolute atomic E-state index is 9.10. The van der Waals surface area contributed by atoms with Crippen molar-refractivity contribution in [3.63, 3.8) is 0 Å². The van der Waals surface area contributed by atoms with Gasteiger partial charge in [-0.1, -0.05) is 39.0 Å². The van der Waals surface area contributed by atoms with Crippen LogP contribution in [0.5, 0.6) is 0 Å². The van der Waals surface area contributed by atoms with Crippen molar-refractivity contribution in [2.24, 2.45) is 17.3 Å². The Hall–Kier alpha value is -0.510. The monoisotopic (exact) mass is 247 g/mol. The molecule has 0 bridgehead atoms. The molecule has 0 amide bonds. The van der Waals surface area contributed by atoms with Crippen LogP contribution in [-0.2, 0) is 0 Å². The van der Waals surface area contributed by atoms with E-state index in [4.69, 9.17) is 5.26 Å². The topological polar surface area (TPSA) is 23.8 Å². The van der Waals surface area contributed by atoms with Crippen LogP contribution < -0.4 is 0 Å². The summed E-state index contributed by atoms with van der Waals surface area (Å²) in [6, 6.07) is 2.50. The second-order valence-corrected chi connectivity index (χ2v) is 6.70. The predicted octanol–water partition coefficient (Wildman–Crippen LogP) is 5.46. The number of rotatable bonds is 4. The lowest BCUT2D eigenvalue weighted by molar-refractivity contribution is 0.0455. The maximum atomic E-state index is 9.10. The highest BCUT2D eigenvalue weighted by Crippen LogP contribution is 2.52. The van der Waals surface area contributed by atoms with Gasteiger partial charge in [-0.15, -0.1) is 0 Å². The first-order valence-electron chi connectivity index (χ1n) is 8.20. The third-order valence-electron chi connectivity index (χ3n) is 5.66. The van der Waals surface area contributed by atoms with Crippen LogP contribution in [0, 0.1) is 28.6 Å². The second kappa shape index (κ2) is 6.60. The molecule has 2 aliphatic carbocycles. The Morgan fingerprint density at radius 1 is 1.06 bits per heavy atom. The van der Waals surface area contributed by atoms with E-state index in [0.29, 0.717) is 11.3 Å². The summed E-state index contributed by atoms with van der Waals surface area (Å²) >= 11 is 0. The van der Waals surface area contributed by atoms with Gasteiger partial charge in [0, 0.05) is 5.92 Å². The molecule has 0 spiro atoms. The van der Waals surface area contributed by atoms with Crippen LogP contribution in [0.1, 0.15) is 84.0 Å². The smallest absolute Gasteiger partial charge is 0.0655 e. The molecule has 0 radical (unpaired) electrons. The summed E-state index contributed by atoms with van der Waals surface area (Å²) < 4.78 is 0. The Bertz CT molecular complexity index is 274. The minimum atomic E-state index is 0.364. The molecule has 0 N–H and O–H groups in total. The van der Waals surface area contributed by atoms with Crippen molar-refractivity contribution < 1.29 is 0 Å². The molecular formula is C17H29N. The quantitative estimate of drug-likeness (QED) is 0.647. The van der Waals surface area contributed by atoms with E-state index < -0.39 is 0 Å². The van der Waals surface area contributed by atoms with Crippen LogP contribution in [-0.4, -0.2) is 0 Å². The molecule has 102 valence electrons. The van der Waals surface area contributed by atoms with Crippen LogP contribution in [0.3, 0.4) is 0 Å². The fourth-order valence-electron chi connectivity index (χ4n) is 4.43. The molecular weight excluding hydrogens is 218 g/mol. The number of hydrogen-bond acceptors (Lipinski definition) is 1. The minimum absolute atomic E-state index is 0.364. The summed E-state index contributed by atoms with van der Waals surface area (Å²) in [4.78, 5) is 0.